The molecule has 1 amide bonds. The molecule has 2 aromatic heterocycles. The van der Waals surface area contributed by atoms with E-state index in [1.165, 1.54) is 23.1 Å². The van der Waals surface area contributed by atoms with Crippen LogP contribution >= 0.6 is 23.1 Å². The van der Waals surface area contributed by atoms with Crippen LogP contribution in [0, 0.1) is 6.92 Å². The van der Waals surface area contributed by atoms with Crippen LogP contribution in [-0.4, -0.2) is 48.2 Å². The van der Waals surface area contributed by atoms with Gasteiger partial charge in [0, 0.05) is 6.54 Å². The van der Waals surface area contributed by atoms with Gasteiger partial charge in [-0.15, -0.1) is 10.2 Å². The Labute approximate surface area is 142 Å². The molecule has 0 radical (unpaired) electrons. The van der Waals surface area contributed by atoms with E-state index >= 15 is 0 Å². The van der Waals surface area contributed by atoms with Crippen LogP contribution < -0.4 is 0 Å². The number of thioether (sulfide) groups is 1. The van der Waals surface area contributed by atoms with Gasteiger partial charge < -0.3 is 10.0 Å². The highest BCUT2D eigenvalue weighted by molar-refractivity contribution is 8.01. The highest BCUT2D eigenvalue weighted by Crippen LogP contribution is 2.24. The molecule has 23 heavy (non-hydrogen) atoms. The number of hydrogen-bond donors (Lipinski definition) is 1. The molecule has 0 aliphatic carbocycles. The van der Waals surface area contributed by atoms with Crippen LogP contribution in [0.3, 0.4) is 0 Å². The zero-order valence-corrected chi connectivity index (χ0v) is 14.7. The normalized spacial score (nSPS) is 15.5. The lowest BCUT2D eigenvalue weighted by atomic mass is 10.2. The molecule has 1 aliphatic rings. The molecule has 3 rings (SSSR count). The van der Waals surface area contributed by atoms with Crippen molar-refractivity contribution >= 4 is 29.0 Å². The molecule has 0 spiro atoms. The van der Waals surface area contributed by atoms with Crippen LogP contribution in [0.4, 0.5) is 0 Å². The Morgan fingerprint density at radius 1 is 1.48 bits per heavy atom. The Kier molecular flexibility index (Phi) is 4.98. The molecule has 1 aliphatic heterocycles. The molecule has 0 bridgehead atoms. The van der Waals surface area contributed by atoms with Gasteiger partial charge in [-0.3, -0.25) is 9.48 Å². The maximum Gasteiger partial charge on any atom is 0.233 e. The van der Waals surface area contributed by atoms with E-state index < -0.39 is 6.10 Å². The molecule has 1 N–H and O–H groups in total. The predicted octanol–water partition coefficient (Wildman–Crippen LogP) is 1.62. The van der Waals surface area contributed by atoms with Crippen LogP contribution in [-0.2, 0) is 17.9 Å². The summed E-state index contributed by atoms with van der Waals surface area (Å²) in [5.74, 6) is 0.459. The number of nitrogens with zero attached hydrogens (tertiary/aromatic N) is 5. The summed E-state index contributed by atoms with van der Waals surface area (Å²) >= 11 is 2.93. The van der Waals surface area contributed by atoms with Crippen molar-refractivity contribution in [2.45, 2.75) is 43.8 Å². The summed E-state index contributed by atoms with van der Waals surface area (Å²) < 4.78 is 2.71. The molecule has 0 aromatic carbocycles. The molecule has 9 heteroatoms. The van der Waals surface area contributed by atoms with Gasteiger partial charge in [-0.25, -0.2) is 0 Å². The molecule has 124 valence electrons. The second kappa shape index (κ2) is 6.98. The van der Waals surface area contributed by atoms with Gasteiger partial charge in [-0.1, -0.05) is 30.0 Å². The number of amides is 1. The third-order valence-corrected chi connectivity index (χ3v) is 5.68. The van der Waals surface area contributed by atoms with Crippen molar-refractivity contribution in [3.8, 4) is 0 Å². The summed E-state index contributed by atoms with van der Waals surface area (Å²) in [4.78, 5) is 14.2. The van der Waals surface area contributed by atoms with E-state index in [2.05, 4.69) is 15.3 Å². The maximum absolute atomic E-state index is 12.4. The highest BCUT2D eigenvalue weighted by Gasteiger charge is 2.23. The number of aryl methyl sites for hydroxylation is 1. The van der Waals surface area contributed by atoms with Crippen molar-refractivity contribution in [2.24, 2.45) is 0 Å². The first-order chi connectivity index (χ1) is 11.1. The quantitative estimate of drug-likeness (QED) is 0.823. The number of hydrogen-bond acceptors (Lipinski definition) is 7. The molecule has 0 saturated carbocycles. The van der Waals surface area contributed by atoms with E-state index in [1.54, 1.807) is 0 Å². The fraction of sp³-hybridized carbons (Fsp3) is 0.571. The lowest BCUT2D eigenvalue weighted by molar-refractivity contribution is -0.129. The first-order valence-corrected chi connectivity index (χ1v) is 9.32. The molecule has 0 saturated heterocycles. The zero-order chi connectivity index (χ0) is 16.4. The average Bonchev–Trinajstić information content (AvgIpc) is 3.16. The fourth-order valence-electron chi connectivity index (χ4n) is 2.42. The second-order valence-electron chi connectivity index (χ2n) is 5.40. The predicted molar refractivity (Wildman–Crippen MR) is 88.3 cm³/mol. The van der Waals surface area contributed by atoms with Crippen LogP contribution in [0.25, 0.3) is 0 Å². The minimum atomic E-state index is -0.534. The van der Waals surface area contributed by atoms with E-state index in [9.17, 15) is 9.90 Å². The molecule has 7 nitrogen and oxygen atoms in total. The van der Waals surface area contributed by atoms with Gasteiger partial charge in [0.15, 0.2) is 4.34 Å². The van der Waals surface area contributed by atoms with Gasteiger partial charge in [0.25, 0.3) is 0 Å². The third kappa shape index (κ3) is 3.73. The number of rotatable bonds is 5. The largest absolute Gasteiger partial charge is 0.387 e. The monoisotopic (exact) mass is 353 g/mol. The summed E-state index contributed by atoms with van der Waals surface area (Å²) in [5.41, 5.74) is 1.67. The van der Waals surface area contributed by atoms with Gasteiger partial charge in [0.05, 0.1) is 36.3 Å². The number of carbonyl (C=O) groups is 1. The molecule has 3 heterocycles. The molecule has 0 unspecified atom stereocenters. The van der Waals surface area contributed by atoms with Crippen molar-refractivity contribution in [3.63, 3.8) is 0 Å². The van der Waals surface area contributed by atoms with Crippen molar-refractivity contribution in [1.82, 2.24) is 24.9 Å². The van der Waals surface area contributed by atoms with Crippen LogP contribution in [0.5, 0.6) is 0 Å². The topological polar surface area (TPSA) is 84.1 Å². The van der Waals surface area contributed by atoms with E-state index in [1.807, 2.05) is 29.5 Å². The Morgan fingerprint density at radius 3 is 3.00 bits per heavy atom. The number of aliphatic hydroxyl groups excluding tert-OH is 1. The first-order valence-electron chi connectivity index (χ1n) is 7.52. The Balaban J connectivity index is 1.60. The zero-order valence-electron chi connectivity index (χ0n) is 13.1. The summed E-state index contributed by atoms with van der Waals surface area (Å²) in [6, 6.07) is 1.90. The fourth-order valence-corrected chi connectivity index (χ4v) is 4.14. The summed E-state index contributed by atoms with van der Waals surface area (Å²) in [6.07, 6.45) is 0.102. The van der Waals surface area contributed by atoms with Gasteiger partial charge >= 0.3 is 0 Å². The highest BCUT2D eigenvalue weighted by atomic mass is 32.2. The van der Waals surface area contributed by atoms with E-state index in [0.717, 1.165) is 15.0 Å². The number of aliphatic hydroxyl groups is 1. The Hall–Kier alpha value is -1.45. The Morgan fingerprint density at radius 2 is 2.30 bits per heavy atom. The summed E-state index contributed by atoms with van der Waals surface area (Å²) in [7, 11) is 0. The summed E-state index contributed by atoms with van der Waals surface area (Å²) in [5, 5.41) is 23.2. The SMILES string of the molecule is CC[C@H](O)c1cc2n(n1)CCN(C(=O)CSc1nnc(C)s1)C2. The third-order valence-electron chi connectivity index (χ3n) is 3.72. The van der Waals surface area contributed by atoms with Crippen LogP contribution in [0.15, 0.2) is 10.4 Å². The van der Waals surface area contributed by atoms with Gasteiger partial charge in [-0.05, 0) is 19.4 Å². The number of aromatic nitrogens is 4. The number of fused-ring (bicyclic) bond motifs is 1. The average molecular weight is 353 g/mol. The first kappa shape index (κ1) is 16.4. The van der Waals surface area contributed by atoms with E-state index in [4.69, 9.17) is 0 Å². The molecule has 0 fully saturated rings. The van der Waals surface area contributed by atoms with Gasteiger partial charge in [-0.2, -0.15) is 5.10 Å². The van der Waals surface area contributed by atoms with Crippen molar-refractivity contribution in [3.05, 3.63) is 22.5 Å². The molecular formula is C14H19N5O2S2. The van der Waals surface area contributed by atoms with Crippen molar-refractivity contribution < 1.29 is 9.90 Å². The van der Waals surface area contributed by atoms with Crippen LogP contribution in [0.1, 0.15) is 35.8 Å². The number of carbonyl (C=O) groups excluding carboxylic acids is 1. The van der Waals surface area contributed by atoms with E-state index in [0.29, 0.717) is 37.5 Å². The van der Waals surface area contributed by atoms with Gasteiger partial charge in [0.2, 0.25) is 5.91 Å². The maximum atomic E-state index is 12.4. The summed E-state index contributed by atoms with van der Waals surface area (Å²) in [6.45, 7) is 5.67. The van der Waals surface area contributed by atoms with Crippen LogP contribution in [0.2, 0.25) is 0 Å². The van der Waals surface area contributed by atoms with E-state index in [-0.39, 0.29) is 5.91 Å². The minimum absolute atomic E-state index is 0.0906. The van der Waals surface area contributed by atoms with Crippen molar-refractivity contribution in [1.29, 1.82) is 0 Å². The smallest absolute Gasteiger partial charge is 0.233 e. The minimum Gasteiger partial charge on any atom is -0.387 e. The van der Waals surface area contributed by atoms with Gasteiger partial charge in [0.1, 0.15) is 5.01 Å². The Bertz CT molecular complexity index is 699. The standard InChI is InChI=1S/C14H19N5O2S2/c1-3-12(20)11-6-10-7-18(4-5-19(10)17-11)13(21)8-22-14-16-15-9(2)23-14/h6,12,20H,3-5,7-8H2,1-2H3/t12-/m0/s1. The second-order valence-corrected chi connectivity index (χ2v) is 7.80. The van der Waals surface area contributed by atoms with Crippen molar-refractivity contribution in [2.75, 3.05) is 12.3 Å². The lowest BCUT2D eigenvalue weighted by Gasteiger charge is -2.27. The molecule has 2 aromatic rings. The lowest BCUT2D eigenvalue weighted by Crippen LogP contribution is -2.39. The molecular weight excluding hydrogens is 334 g/mol. The molecule has 1 atom stereocenters.